The van der Waals surface area contributed by atoms with Crippen molar-refractivity contribution in [2.45, 2.75) is 6.42 Å². The Morgan fingerprint density at radius 3 is 3.08 bits per heavy atom. The summed E-state index contributed by atoms with van der Waals surface area (Å²) in [6, 6.07) is 11.4. The summed E-state index contributed by atoms with van der Waals surface area (Å²) in [5, 5.41) is 8.63. The minimum absolute atomic E-state index is 0.245. The number of carbonyl (C=O) groups is 1. The van der Waals surface area contributed by atoms with Gasteiger partial charge in [-0.3, -0.25) is 4.79 Å². The van der Waals surface area contributed by atoms with Crippen LogP contribution in [0.4, 0.5) is 0 Å². The molecular formula is C17H14N4O2S. The van der Waals surface area contributed by atoms with Crippen molar-refractivity contribution in [3.63, 3.8) is 0 Å². The van der Waals surface area contributed by atoms with Gasteiger partial charge in [-0.2, -0.15) is 0 Å². The molecule has 6 nitrogen and oxygen atoms in total. The van der Waals surface area contributed by atoms with Gasteiger partial charge in [0.25, 0.3) is 5.91 Å². The molecule has 0 aliphatic rings. The first-order chi connectivity index (χ1) is 11.8. The molecule has 0 unspecified atom stereocenters. The normalized spacial score (nSPS) is 11.0. The summed E-state index contributed by atoms with van der Waals surface area (Å²) in [7, 11) is 0. The van der Waals surface area contributed by atoms with E-state index in [9.17, 15) is 4.79 Å². The lowest BCUT2D eigenvalue weighted by molar-refractivity contribution is 0.0945. The zero-order chi connectivity index (χ0) is 16.4. The summed E-state index contributed by atoms with van der Waals surface area (Å²) in [5.74, 6) is 0.362. The zero-order valence-corrected chi connectivity index (χ0v) is 13.5. The number of fused-ring (bicyclic) bond motifs is 1. The molecule has 4 rings (SSSR count). The minimum atomic E-state index is -0.245. The van der Waals surface area contributed by atoms with Crippen molar-refractivity contribution in [3.8, 4) is 10.6 Å². The van der Waals surface area contributed by atoms with Crippen LogP contribution < -0.4 is 5.32 Å². The third-order valence-electron chi connectivity index (χ3n) is 3.59. The van der Waals surface area contributed by atoms with Crippen LogP contribution in [0.3, 0.4) is 0 Å². The maximum absolute atomic E-state index is 12.1. The number of aromatic nitrogens is 3. The van der Waals surface area contributed by atoms with Crippen molar-refractivity contribution in [1.29, 1.82) is 0 Å². The van der Waals surface area contributed by atoms with Gasteiger partial charge < -0.3 is 14.2 Å². The molecule has 0 aliphatic carbocycles. The fourth-order valence-electron chi connectivity index (χ4n) is 2.42. The van der Waals surface area contributed by atoms with Crippen molar-refractivity contribution >= 4 is 22.9 Å². The molecule has 0 saturated heterocycles. The summed E-state index contributed by atoms with van der Waals surface area (Å²) in [5.41, 5.74) is 2.12. The van der Waals surface area contributed by atoms with Gasteiger partial charge in [0, 0.05) is 31.4 Å². The van der Waals surface area contributed by atoms with Crippen molar-refractivity contribution in [3.05, 3.63) is 65.6 Å². The van der Waals surface area contributed by atoms with E-state index in [1.807, 2.05) is 52.5 Å². The van der Waals surface area contributed by atoms with Gasteiger partial charge in [-0.05, 0) is 23.6 Å². The highest BCUT2D eigenvalue weighted by atomic mass is 32.1. The quantitative estimate of drug-likeness (QED) is 0.607. The molecule has 7 heteroatoms. The maximum atomic E-state index is 12.1. The second kappa shape index (κ2) is 6.29. The second-order valence-corrected chi connectivity index (χ2v) is 6.21. The predicted octanol–water partition coefficient (Wildman–Crippen LogP) is 3.02. The third-order valence-corrected chi connectivity index (χ3v) is 4.47. The molecule has 1 amide bonds. The van der Waals surface area contributed by atoms with Crippen LogP contribution in [0.2, 0.25) is 0 Å². The summed E-state index contributed by atoms with van der Waals surface area (Å²) in [6.45, 7) is 0.490. The van der Waals surface area contributed by atoms with Crippen LogP contribution in [-0.2, 0) is 6.42 Å². The van der Waals surface area contributed by atoms with Gasteiger partial charge in [0.15, 0.2) is 11.5 Å². The van der Waals surface area contributed by atoms with Gasteiger partial charge in [0.1, 0.15) is 5.65 Å². The van der Waals surface area contributed by atoms with Gasteiger partial charge in [-0.1, -0.05) is 17.3 Å². The number of rotatable bonds is 5. The highest BCUT2D eigenvalue weighted by Gasteiger charge is 2.14. The number of nitrogens with one attached hydrogen (secondary N) is 1. The van der Waals surface area contributed by atoms with E-state index in [0.29, 0.717) is 18.7 Å². The van der Waals surface area contributed by atoms with Crippen molar-refractivity contribution in [1.82, 2.24) is 19.9 Å². The van der Waals surface area contributed by atoms with Crippen molar-refractivity contribution < 1.29 is 9.32 Å². The smallest absolute Gasteiger partial charge is 0.273 e. The average Bonchev–Trinajstić information content (AvgIpc) is 3.33. The van der Waals surface area contributed by atoms with E-state index in [2.05, 4.69) is 15.5 Å². The van der Waals surface area contributed by atoms with E-state index in [-0.39, 0.29) is 11.6 Å². The minimum Gasteiger partial charge on any atom is -0.355 e. The number of nitrogens with zero attached hydrogens (tertiary/aromatic N) is 3. The molecule has 120 valence electrons. The van der Waals surface area contributed by atoms with Crippen LogP contribution in [-0.4, -0.2) is 27.0 Å². The number of amides is 1. The number of hydrogen-bond donors (Lipinski definition) is 1. The molecule has 1 N–H and O–H groups in total. The molecule has 24 heavy (non-hydrogen) atoms. The highest BCUT2D eigenvalue weighted by molar-refractivity contribution is 7.13. The standard InChI is InChI=1S/C17H14N4O2S/c22-17(13-10-14(23-20-13)15-4-3-9-24-15)18-7-6-12-11-21-8-2-1-5-16(21)19-12/h1-5,8-11H,6-7H2,(H,18,22). The fourth-order valence-corrected chi connectivity index (χ4v) is 3.09. The third kappa shape index (κ3) is 2.93. The van der Waals surface area contributed by atoms with E-state index < -0.39 is 0 Å². The van der Waals surface area contributed by atoms with Crippen LogP contribution >= 0.6 is 11.3 Å². The molecular weight excluding hydrogens is 324 g/mol. The van der Waals surface area contributed by atoms with Gasteiger partial charge in [-0.25, -0.2) is 4.98 Å². The van der Waals surface area contributed by atoms with Gasteiger partial charge >= 0.3 is 0 Å². The Labute approximate surface area is 141 Å². The maximum Gasteiger partial charge on any atom is 0.273 e. The largest absolute Gasteiger partial charge is 0.355 e. The summed E-state index contributed by atoms with van der Waals surface area (Å²) < 4.78 is 7.18. The van der Waals surface area contributed by atoms with Crippen LogP contribution in [0.5, 0.6) is 0 Å². The molecule has 0 radical (unpaired) electrons. The van der Waals surface area contributed by atoms with E-state index in [1.165, 1.54) is 0 Å². The lowest BCUT2D eigenvalue weighted by atomic mass is 10.3. The molecule has 0 saturated carbocycles. The topological polar surface area (TPSA) is 72.4 Å². The first kappa shape index (κ1) is 14.6. The number of hydrogen-bond acceptors (Lipinski definition) is 5. The number of imidazole rings is 1. The van der Waals surface area contributed by atoms with E-state index in [1.54, 1.807) is 17.4 Å². The lowest BCUT2D eigenvalue weighted by Gasteiger charge is -2.00. The molecule has 0 aliphatic heterocycles. The summed E-state index contributed by atoms with van der Waals surface area (Å²) in [4.78, 5) is 17.6. The van der Waals surface area contributed by atoms with Crippen LogP contribution in [0.1, 0.15) is 16.2 Å². The number of pyridine rings is 1. The van der Waals surface area contributed by atoms with E-state index >= 15 is 0 Å². The van der Waals surface area contributed by atoms with Crippen molar-refractivity contribution in [2.24, 2.45) is 0 Å². The molecule has 4 heterocycles. The molecule has 0 spiro atoms. The molecule has 0 aromatic carbocycles. The van der Waals surface area contributed by atoms with Gasteiger partial charge in [0.2, 0.25) is 0 Å². The Balaban J connectivity index is 1.36. The first-order valence-electron chi connectivity index (χ1n) is 7.51. The van der Waals surface area contributed by atoms with Crippen LogP contribution in [0.25, 0.3) is 16.3 Å². The van der Waals surface area contributed by atoms with Gasteiger partial charge in [0.05, 0.1) is 10.6 Å². The zero-order valence-electron chi connectivity index (χ0n) is 12.7. The Kier molecular flexibility index (Phi) is 3.84. The fraction of sp³-hybridized carbons (Fsp3) is 0.118. The molecule has 0 fully saturated rings. The predicted molar refractivity (Wildman–Crippen MR) is 91.0 cm³/mol. The number of carbonyl (C=O) groups excluding carboxylic acids is 1. The Bertz CT molecular complexity index is 938. The SMILES string of the molecule is O=C(NCCc1cn2ccccc2n1)c1cc(-c2cccs2)on1. The first-order valence-corrected chi connectivity index (χ1v) is 8.39. The lowest BCUT2D eigenvalue weighted by Crippen LogP contribution is -2.26. The van der Waals surface area contributed by atoms with E-state index in [4.69, 9.17) is 4.52 Å². The van der Waals surface area contributed by atoms with E-state index in [0.717, 1.165) is 16.2 Å². The molecule has 4 aromatic heterocycles. The number of thiophene rings is 1. The monoisotopic (exact) mass is 338 g/mol. The van der Waals surface area contributed by atoms with Crippen LogP contribution in [0.15, 0.2) is 58.7 Å². The van der Waals surface area contributed by atoms with Gasteiger partial charge in [-0.15, -0.1) is 11.3 Å². The second-order valence-electron chi connectivity index (χ2n) is 5.26. The molecule has 0 bridgehead atoms. The Hall–Kier alpha value is -2.93. The average molecular weight is 338 g/mol. The summed E-state index contributed by atoms with van der Waals surface area (Å²) in [6.07, 6.45) is 4.57. The van der Waals surface area contributed by atoms with Crippen molar-refractivity contribution in [2.75, 3.05) is 6.54 Å². The Morgan fingerprint density at radius 2 is 2.25 bits per heavy atom. The summed E-state index contributed by atoms with van der Waals surface area (Å²) >= 11 is 1.54. The molecule has 0 atom stereocenters. The Morgan fingerprint density at radius 1 is 1.29 bits per heavy atom. The molecule has 4 aromatic rings. The highest BCUT2D eigenvalue weighted by Crippen LogP contribution is 2.24. The van der Waals surface area contributed by atoms with Crippen LogP contribution in [0, 0.1) is 0 Å².